The summed E-state index contributed by atoms with van der Waals surface area (Å²) < 4.78 is 25.5. The second-order valence-electron chi connectivity index (χ2n) is 3.77. The van der Waals surface area contributed by atoms with E-state index in [0.717, 1.165) is 6.54 Å². The lowest BCUT2D eigenvalue weighted by molar-refractivity contribution is 0.120. The molecule has 1 N–H and O–H groups in total. The van der Waals surface area contributed by atoms with Gasteiger partial charge in [-0.3, -0.25) is 0 Å². The zero-order valence-corrected chi connectivity index (χ0v) is 8.95. The van der Waals surface area contributed by atoms with E-state index in [-0.39, 0.29) is 0 Å². The average Bonchev–Trinajstić information content (AvgIpc) is 2.51. The normalized spacial score (nSPS) is 11.6. The van der Waals surface area contributed by atoms with Crippen molar-refractivity contribution in [2.45, 2.75) is 33.4 Å². The van der Waals surface area contributed by atoms with Gasteiger partial charge in [0.2, 0.25) is 0 Å². The van der Waals surface area contributed by atoms with Crippen molar-refractivity contribution in [3.05, 3.63) is 12.2 Å². The second-order valence-corrected chi connectivity index (χ2v) is 3.77. The highest BCUT2D eigenvalue weighted by Gasteiger charge is 2.09. The van der Waals surface area contributed by atoms with Crippen LogP contribution in [0, 0.1) is 5.92 Å². The minimum atomic E-state index is -2.39. The molecule has 0 bridgehead atoms. The molecule has 4 nitrogen and oxygen atoms in total. The van der Waals surface area contributed by atoms with Gasteiger partial charge >= 0.3 is 0 Å². The van der Waals surface area contributed by atoms with Crippen molar-refractivity contribution in [2.75, 3.05) is 6.54 Å². The van der Waals surface area contributed by atoms with Gasteiger partial charge in [0.1, 0.15) is 18.7 Å². The molecule has 6 heteroatoms. The molecule has 0 unspecified atom stereocenters. The molecule has 0 saturated heterocycles. The summed E-state index contributed by atoms with van der Waals surface area (Å²) in [5.41, 5.74) is 0. The molecule has 0 spiro atoms. The number of alkyl halides is 2. The molecule has 1 rings (SSSR count). The Bertz CT molecular complexity index is 285. The summed E-state index contributed by atoms with van der Waals surface area (Å²) in [5, 5.41) is 6.87. The van der Waals surface area contributed by atoms with Crippen molar-refractivity contribution in [1.29, 1.82) is 0 Å². The molecule has 86 valence electrons. The van der Waals surface area contributed by atoms with Crippen molar-refractivity contribution in [3.8, 4) is 0 Å². The quantitative estimate of drug-likeness (QED) is 0.782. The molecule has 1 aromatic rings. The monoisotopic (exact) mass is 218 g/mol. The largest absolute Gasteiger partial charge is 0.310 e. The molecule has 0 aliphatic rings. The zero-order valence-electron chi connectivity index (χ0n) is 8.95. The van der Waals surface area contributed by atoms with E-state index in [0.29, 0.717) is 18.3 Å². The highest BCUT2D eigenvalue weighted by atomic mass is 19.3. The lowest BCUT2D eigenvalue weighted by Crippen LogP contribution is -2.22. The molecular formula is C9H16F2N4. The standard InChI is InChI=1S/C9H16F2N4/c1-7(2)3-12-4-9-13-6-14-15(9)5-8(10)11/h6-8,12H,3-5H2,1-2H3. The molecule has 0 fully saturated rings. The van der Waals surface area contributed by atoms with Crippen molar-refractivity contribution < 1.29 is 8.78 Å². The predicted molar refractivity (Wildman–Crippen MR) is 52.6 cm³/mol. The summed E-state index contributed by atoms with van der Waals surface area (Å²) in [4.78, 5) is 3.92. The van der Waals surface area contributed by atoms with Crippen LogP contribution in [0.15, 0.2) is 6.33 Å². The van der Waals surface area contributed by atoms with Gasteiger partial charge in [0.25, 0.3) is 6.43 Å². The zero-order chi connectivity index (χ0) is 11.3. The molecule has 15 heavy (non-hydrogen) atoms. The smallest absolute Gasteiger partial charge is 0.257 e. The van der Waals surface area contributed by atoms with Crippen LogP contribution in [-0.2, 0) is 13.1 Å². The summed E-state index contributed by atoms with van der Waals surface area (Å²) in [6, 6.07) is 0. The number of aromatic nitrogens is 3. The minimum absolute atomic E-state index is 0.390. The van der Waals surface area contributed by atoms with Crippen LogP contribution in [0.1, 0.15) is 19.7 Å². The highest BCUT2D eigenvalue weighted by Crippen LogP contribution is 2.00. The molecule has 0 atom stereocenters. The van der Waals surface area contributed by atoms with Crippen LogP contribution >= 0.6 is 0 Å². The summed E-state index contributed by atoms with van der Waals surface area (Å²) in [7, 11) is 0. The fourth-order valence-electron chi connectivity index (χ4n) is 1.18. The van der Waals surface area contributed by atoms with Crippen molar-refractivity contribution in [2.24, 2.45) is 5.92 Å². The number of rotatable bonds is 6. The van der Waals surface area contributed by atoms with Crippen LogP contribution in [0.5, 0.6) is 0 Å². The second kappa shape index (κ2) is 5.75. The summed E-state index contributed by atoms with van der Waals surface area (Å²) in [6.45, 7) is 5.08. The van der Waals surface area contributed by atoms with Gasteiger partial charge in [-0.15, -0.1) is 0 Å². The van der Waals surface area contributed by atoms with Gasteiger partial charge in [-0.05, 0) is 12.5 Å². The van der Waals surface area contributed by atoms with Crippen molar-refractivity contribution in [3.63, 3.8) is 0 Å². The van der Waals surface area contributed by atoms with Crippen LogP contribution in [0.25, 0.3) is 0 Å². The number of halogens is 2. The first kappa shape index (κ1) is 12.0. The van der Waals surface area contributed by atoms with Gasteiger partial charge in [-0.1, -0.05) is 13.8 Å². The summed E-state index contributed by atoms with van der Waals surface area (Å²) in [5.74, 6) is 1.08. The number of nitrogens with one attached hydrogen (secondary N) is 1. The Morgan fingerprint density at radius 2 is 2.20 bits per heavy atom. The van der Waals surface area contributed by atoms with E-state index in [4.69, 9.17) is 0 Å². The first-order chi connectivity index (χ1) is 7.09. The number of nitrogens with zero attached hydrogens (tertiary/aromatic N) is 3. The average molecular weight is 218 g/mol. The summed E-state index contributed by atoms with van der Waals surface area (Å²) in [6.07, 6.45) is -1.09. The third-order valence-corrected chi connectivity index (χ3v) is 1.84. The first-order valence-electron chi connectivity index (χ1n) is 4.95. The Kier molecular flexibility index (Phi) is 4.61. The lowest BCUT2D eigenvalue weighted by atomic mass is 10.2. The fourth-order valence-corrected chi connectivity index (χ4v) is 1.18. The maximum atomic E-state index is 12.1. The highest BCUT2D eigenvalue weighted by molar-refractivity contribution is 4.83. The van der Waals surface area contributed by atoms with Crippen LogP contribution < -0.4 is 5.32 Å². The SMILES string of the molecule is CC(C)CNCc1ncnn1CC(F)F. The Balaban J connectivity index is 2.43. The number of hydrogen-bond acceptors (Lipinski definition) is 3. The van der Waals surface area contributed by atoms with Crippen LogP contribution in [-0.4, -0.2) is 27.7 Å². The van der Waals surface area contributed by atoms with Gasteiger partial charge in [0.05, 0.1) is 6.54 Å². The number of hydrogen-bond donors (Lipinski definition) is 1. The van der Waals surface area contributed by atoms with E-state index >= 15 is 0 Å². The van der Waals surface area contributed by atoms with Gasteiger partial charge in [0, 0.05) is 0 Å². The van der Waals surface area contributed by atoms with Gasteiger partial charge in [-0.2, -0.15) is 5.10 Å². The van der Waals surface area contributed by atoms with E-state index in [2.05, 4.69) is 29.2 Å². The fraction of sp³-hybridized carbons (Fsp3) is 0.778. The Hall–Kier alpha value is -1.04. The Labute approximate surface area is 87.7 Å². The van der Waals surface area contributed by atoms with Crippen molar-refractivity contribution >= 4 is 0 Å². The van der Waals surface area contributed by atoms with E-state index in [9.17, 15) is 8.78 Å². The Morgan fingerprint density at radius 3 is 2.80 bits per heavy atom. The molecule has 0 amide bonds. The van der Waals surface area contributed by atoms with E-state index in [1.54, 1.807) is 0 Å². The maximum absolute atomic E-state index is 12.1. The van der Waals surface area contributed by atoms with E-state index in [1.165, 1.54) is 11.0 Å². The molecule has 0 radical (unpaired) electrons. The van der Waals surface area contributed by atoms with Crippen LogP contribution in [0.3, 0.4) is 0 Å². The molecule has 1 heterocycles. The maximum Gasteiger partial charge on any atom is 0.257 e. The lowest BCUT2D eigenvalue weighted by Gasteiger charge is -2.08. The Morgan fingerprint density at radius 1 is 1.47 bits per heavy atom. The molecule has 0 aromatic carbocycles. The first-order valence-corrected chi connectivity index (χ1v) is 4.95. The van der Waals surface area contributed by atoms with Gasteiger partial charge in [0.15, 0.2) is 0 Å². The van der Waals surface area contributed by atoms with Gasteiger partial charge in [-0.25, -0.2) is 18.4 Å². The predicted octanol–water partition coefficient (Wildman–Crippen LogP) is 1.29. The van der Waals surface area contributed by atoms with E-state index < -0.39 is 13.0 Å². The molecule has 0 aliphatic heterocycles. The molecular weight excluding hydrogens is 202 g/mol. The third-order valence-electron chi connectivity index (χ3n) is 1.84. The molecule has 1 aromatic heterocycles. The van der Waals surface area contributed by atoms with E-state index in [1.807, 2.05) is 0 Å². The van der Waals surface area contributed by atoms with Crippen molar-refractivity contribution in [1.82, 2.24) is 20.1 Å². The third kappa shape index (κ3) is 4.33. The topological polar surface area (TPSA) is 42.7 Å². The summed E-state index contributed by atoms with van der Waals surface area (Å²) >= 11 is 0. The van der Waals surface area contributed by atoms with Crippen LogP contribution in [0.2, 0.25) is 0 Å². The molecule has 0 saturated carbocycles. The minimum Gasteiger partial charge on any atom is -0.310 e. The van der Waals surface area contributed by atoms with Crippen LogP contribution in [0.4, 0.5) is 8.78 Å². The van der Waals surface area contributed by atoms with Gasteiger partial charge < -0.3 is 5.32 Å². The molecule has 0 aliphatic carbocycles.